The number of ether oxygens (including phenoxy) is 1. The number of halogens is 1. The van der Waals surface area contributed by atoms with E-state index in [9.17, 15) is 8.42 Å². The lowest BCUT2D eigenvalue weighted by Gasteiger charge is -2.20. The maximum Gasteiger partial charge on any atom is 0.240 e. The second kappa shape index (κ2) is 4.73. The van der Waals surface area contributed by atoms with Crippen molar-refractivity contribution in [3.8, 4) is 0 Å². The van der Waals surface area contributed by atoms with Crippen molar-refractivity contribution >= 4 is 31.6 Å². The zero-order chi connectivity index (χ0) is 13.6. The van der Waals surface area contributed by atoms with Gasteiger partial charge in [0.05, 0.1) is 23.1 Å². The van der Waals surface area contributed by atoms with Crippen molar-refractivity contribution in [1.82, 2.24) is 4.72 Å². The van der Waals surface area contributed by atoms with Crippen LogP contribution in [0, 0.1) is 0 Å². The van der Waals surface area contributed by atoms with Crippen LogP contribution < -0.4 is 10.5 Å². The summed E-state index contributed by atoms with van der Waals surface area (Å²) in [5.41, 5.74) is 6.13. The Labute approximate surface area is 120 Å². The summed E-state index contributed by atoms with van der Waals surface area (Å²) in [7, 11) is -3.54. The molecule has 1 aromatic rings. The first-order valence-electron chi connectivity index (χ1n) is 6.18. The predicted octanol–water partition coefficient (Wildman–Crippen LogP) is 1.63. The summed E-state index contributed by atoms with van der Waals surface area (Å²) < 4.78 is 33.6. The van der Waals surface area contributed by atoms with Gasteiger partial charge in [-0.3, -0.25) is 0 Å². The molecule has 3 rings (SSSR count). The molecular formula is C12H15BrN2O3S. The number of hydrogen-bond donors (Lipinski definition) is 2. The maximum absolute atomic E-state index is 12.3. The molecule has 3 unspecified atom stereocenters. The van der Waals surface area contributed by atoms with E-state index in [1.807, 2.05) is 0 Å². The van der Waals surface area contributed by atoms with Crippen LogP contribution in [-0.2, 0) is 14.8 Å². The third-order valence-electron chi connectivity index (χ3n) is 3.69. The van der Waals surface area contributed by atoms with Gasteiger partial charge in [0.15, 0.2) is 0 Å². The molecule has 2 saturated heterocycles. The van der Waals surface area contributed by atoms with Gasteiger partial charge in [-0.2, -0.15) is 0 Å². The van der Waals surface area contributed by atoms with Gasteiger partial charge in [0.25, 0.3) is 0 Å². The molecule has 5 nitrogen and oxygen atoms in total. The molecule has 1 aromatic carbocycles. The van der Waals surface area contributed by atoms with Crippen LogP contribution in [0.15, 0.2) is 27.6 Å². The van der Waals surface area contributed by atoms with Crippen molar-refractivity contribution in [1.29, 1.82) is 0 Å². The SMILES string of the molecule is Nc1cc(S(=O)(=O)NC2CC3CCC2O3)ccc1Br. The number of rotatable bonds is 3. The molecule has 7 heteroatoms. The minimum absolute atomic E-state index is 0.0209. The summed E-state index contributed by atoms with van der Waals surface area (Å²) in [6.45, 7) is 0. The molecular weight excluding hydrogens is 332 g/mol. The van der Waals surface area contributed by atoms with Gasteiger partial charge in [-0.1, -0.05) is 0 Å². The Hall–Kier alpha value is -0.630. The van der Waals surface area contributed by atoms with Gasteiger partial charge >= 0.3 is 0 Å². The number of nitrogens with one attached hydrogen (secondary N) is 1. The summed E-state index contributed by atoms with van der Waals surface area (Å²) in [4.78, 5) is 0.191. The van der Waals surface area contributed by atoms with E-state index in [0.717, 1.165) is 19.3 Å². The molecule has 104 valence electrons. The average molecular weight is 347 g/mol. The molecule has 19 heavy (non-hydrogen) atoms. The lowest BCUT2D eigenvalue weighted by atomic mass is 9.96. The van der Waals surface area contributed by atoms with E-state index >= 15 is 0 Å². The van der Waals surface area contributed by atoms with E-state index in [1.54, 1.807) is 6.07 Å². The fourth-order valence-corrected chi connectivity index (χ4v) is 4.28. The summed E-state index contributed by atoms with van der Waals surface area (Å²) in [5, 5.41) is 0. The summed E-state index contributed by atoms with van der Waals surface area (Å²) in [6.07, 6.45) is 2.96. The van der Waals surface area contributed by atoms with Crippen molar-refractivity contribution in [2.24, 2.45) is 0 Å². The van der Waals surface area contributed by atoms with Gasteiger partial charge in [-0.15, -0.1) is 0 Å². The van der Waals surface area contributed by atoms with Gasteiger partial charge in [-0.05, 0) is 53.4 Å². The Morgan fingerprint density at radius 2 is 2.16 bits per heavy atom. The van der Waals surface area contributed by atoms with Gasteiger partial charge in [-0.25, -0.2) is 13.1 Å². The predicted molar refractivity (Wildman–Crippen MR) is 75.2 cm³/mol. The first-order valence-corrected chi connectivity index (χ1v) is 8.46. The number of hydrogen-bond acceptors (Lipinski definition) is 4. The number of benzene rings is 1. The summed E-state index contributed by atoms with van der Waals surface area (Å²) >= 11 is 3.25. The molecule has 0 aromatic heterocycles. The zero-order valence-corrected chi connectivity index (χ0v) is 12.6. The first-order chi connectivity index (χ1) is 8.95. The maximum atomic E-state index is 12.3. The van der Waals surface area contributed by atoms with Crippen LogP contribution in [0.5, 0.6) is 0 Å². The normalized spacial score (nSPS) is 29.8. The zero-order valence-electron chi connectivity index (χ0n) is 10.2. The van der Waals surface area contributed by atoms with Crippen LogP contribution in [0.25, 0.3) is 0 Å². The van der Waals surface area contributed by atoms with E-state index in [0.29, 0.717) is 10.2 Å². The second-order valence-electron chi connectivity index (χ2n) is 5.02. The molecule has 2 bridgehead atoms. The summed E-state index contributed by atoms with van der Waals surface area (Å²) in [6, 6.07) is 4.52. The molecule has 0 saturated carbocycles. The van der Waals surface area contributed by atoms with Crippen LogP contribution in [0.1, 0.15) is 19.3 Å². The standard InChI is InChI=1S/C12H15BrN2O3S/c13-9-3-2-8(6-10(9)14)19(16,17)15-11-5-7-1-4-12(11)18-7/h2-3,6-7,11-12,15H,1,4-5,14H2. The topological polar surface area (TPSA) is 81.4 Å². The van der Waals surface area contributed by atoms with Gasteiger partial charge in [0, 0.05) is 10.2 Å². The molecule has 0 radical (unpaired) electrons. The van der Waals surface area contributed by atoms with E-state index in [-0.39, 0.29) is 23.1 Å². The molecule has 0 aliphatic carbocycles. The third kappa shape index (κ3) is 2.52. The van der Waals surface area contributed by atoms with Crippen molar-refractivity contribution in [2.75, 3.05) is 5.73 Å². The number of nitrogens with two attached hydrogens (primary N) is 1. The molecule has 3 atom stereocenters. The molecule has 0 spiro atoms. The quantitative estimate of drug-likeness (QED) is 0.815. The third-order valence-corrected chi connectivity index (χ3v) is 5.90. The van der Waals surface area contributed by atoms with Crippen LogP contribution >= 0.6 is 15.9 Å². The molecule has 2 aliphatic heterocycles. The molecule has 2 heterocycles. The fourth-order valence-electron chi connectivity index (χ4n) is 2.72. The Kier molecular flexibility index (Phi) is 3.33. The largest absolute Gasteiger partial charge is 0.398 e. The van der Waals surface area contributed by atoms with Gasteiger partial charge in [0.1, 0.15) is 0 Å². The number of sulfonamides is 1. The Bertz CT molecular complexity index is 605. The van der Waals surface area contributed by atoms with E-state index < -0.39 is 10.0 Å². The average Bonchev–Trinajstić information content (AvgIpc) is 2.94. The first kappa shape index (κ1) is 13.4. The van der Waals surface area contributed by atoms with Crippen molar-refractivity contribution in [3.05, 3.63) is 22.7 Å². The highest BCUT2D eigenvalue weighted by molar-refractivity contribution is 9.10. The van der Waals surface area contributed by atoms with Gasteiger partial charge in [0.2, 0.25) is 10.0 Å². The van der Waals surface area contributed by atoms with Crippen molar-refractivity contribution in [2.45, 2.75) is 42.4 Å². The highest BCUT2D eigenvalue weighted by Gasteiger charge is 2.42. The molecule has 3 N–H and O–H groups in total. The number of nitrogen functional groups attached to an aromatic ring is 1. The number of anilines is 1. The smallest absolute Gasteiger partial charge is 0.240 e. The Morgan fingerprint density at radius 3 is 2.74 bits per heavy atom. The number of fused-ring (bicyclic) bond motifs is 2. The fraction of sp³-hybridized carbons (Fsp3) is 0.500. The lowest BCUT2D eigenvalue weighted by Crippen LogP contribution is -2.41. The van der Waals surface area contributed by atoms with Crippen LogP contribution in [0.2, 0.25) is 0 Å². The molecule has 2 aliphatic rings. The van der Waals surface area contributed by atoms with Crippen molar-refractivity contribution in [3.63, 3.8) is 0 Å². The minimum atomic E-state index is -3.54. The van der Waals surface area contributed by atoms with Crippen LogP contribution in [0.4, 0.5) is 5.69 Å². The minimum Gasteiger partial charge on any atom is -0.398 e. The monoisotopic (exact) mass is 346 g/mol. The van der Waals surface area contributed by atoms with E-state index in [1.165, 1.54) is 12.1 Å². The Balaban J connectivity index is 1.80. The molecule has 2 fully saturated rings. The lowest BCUT2D eigenvalue weighted by molar-refractivity contribution is 0.0996. The highest BCUT2D eigenvalue weighted by Crippen LogP contribution is 2.35. The summed E-state index contributed by atoms with van der Waals surface area (Å²) in [5.74, 6) is 0. The van der Waals surface area contributed by atoms with Gasteiger partial charge < -0.3 is 10.5 Å². The Morgan fingerprint density at radius 1 is 1.37 bits per heavy atom. The molecule has 0 amide bonds. The van der Waals surface area contributed by atoms with E-state index in [4.69, 9.17) is 10.5 Å². The van der Waals surface area contributed by atoms with Crippen LogP contribution in [-0.4, -0.2) is 26.7 Å². The van der Waals surface area contributed by atoms with Crippen LogP contribution in [0.3, 0.4) is 0 Å². The second-order valence-corrected chi connectivity index (χ2v) is 7.59. The highest BCUT2D eigenvalue weighted by atomic mass is 79.9. The van der Waals surface area contributed by atoms with Crippen molar-refractivity contribution < 1.29 is 13.2 Å². The van der Waals surface area contributed by atoms with E-state index in [2.05, 4.69) is 20.7 Å².